The molecule has 0 amide bonds. The molecule has 0 bridgehead atoms. The van der Waals surface area contributed by atoms with Gasteiger partial charge in [-0.15, -0.1) is 0 Å². The van der Waals surface area contributed by atoms with E-state index in [-0.39, 0.29) is 4.90 Å². The molecular weight excluding hydrogens is 412 g/mol. The predicted octanol–water partition coefficient (Wildman–Crippen LogP) is 4.18. The Kier molecular flexibility index (Phi) is 6.31. The van der Waals surface area contributed by atoms with Crippen molar-refractivity contribution in [1.82, 2.24) is 4.83 Å². The van der Waals surface area contributed by atoms with Gasteiger partial charge in [0, 0.05) is 5.02 Å². The highest BCUT2D eigenvalue weighted by atomic mass is 35.5. The van der Waals surface area contributed by atoms with Crippen LogP contribution in [0.3, 0.4) is 0 Å². The SMILES string of the molecule is Cc1ccccc1C(=O)Oc1ccc(/C=N/NS(=O)(=O)c2ccc(Cl)cc2)cc1. The fourth-order valence-electron chi connectivity index (χ4n) is 2.42. The highest BCUT2D eigenvalue weighted by Crippen LogP contribution is 2.16. The summed E-state index contributed by atoms with van der Waals surface area (Å²) in [5.74, 6) is -0.0719. The minimum atomic E-state index is -3.78. The zero-order valence-corrected chi connectivity index (χ0v) is 16.9. The van der Waals surface area contributed by atoms with Crippen molar-refractivity contribution >= 4 is 33.8 Å². The number of rotatable bonds is 6. The monoisotopic (exact) mass is 428 g/mol. The summed E-state index contributed by atoms with van der Waals surface area (Å²) in [7, 11) is -3.78. The smallest absolute Gasteiger partial charge is 0.343 e. The quantitative estimate of drug-likeness (QED) is 0.276. The molecule has 0 unspecified atom stereocenters. The van der Waals surface area contributed by atoms with Gasteiger partial charge in [-0.25, -0.2) is 9.63 Å². The van der Waals surface area contributed by atoms with Crippen molar-refractivity contribution in [2.75, 3.05) is 0 Å². The summed E-state index contributed by atoms with van der Waals surface area (Å²) in [4.78, 5) is 14.4. The second-order valence-corrected chi connectivity index (χ2v) is 8.18. The summed E-state index contributed by atoms with van der Waals surface area (Å²) >= 11 is 5.76. The maximum atomic E-state index is 12.2. The van der Waals surface area contributed by atoms with Crippen molar-refractivity contribution in [2.24, 2.45) is 5.10 Å². The third-order valence-electron chi connectivity index (χ3n) is 3.97. The van der Waals surface area contributed by atoms with Gasteiger partial charge in [0.15, 0.2) is 0 Å². The molecule has 0 saturated heterocycles. The maximum absolute atomic E-state index is 12.2. The summed E-state index contributed by atoms with van der Waals surface area (Å²) in [6.45, 7) is 1.83. The Morgan fingerprint density at radius 3 is 2.31 bits per heavy atom. The lowest BCUT2D eigenvalue weighted by Crippen LogP contribution is -2.18. The highest BCUT2D eigenvalue weighted by Gasteiger charge is 2.12. The molecule has 0 spiro atoms. The Bertz CT molecular complexity index is 1140. The molecule has 1 N–H and O–H groups in total. The first kappa shape index (κ1) is 20.6. The summed E-state index contributed by atoms with van der Waals surface area (Å²) in [5.41, 5.74) is 1.95. The number of hydrazone groups is 1. The van der Waals surface area contributed by atoms with Gasteiger partial charge in [0.2, 0.25) is 0 Å². The van der Waals surface area contributed by atoms with Crippen LogP contribution < -0.4 is 9.57 Å². The van der Waals surface area contributed by atoms with Crippen molar-refractivity contribution in [3.63, 3.8) is 0 Å². The van der Waals surface area contributed by atoms with Crippen LogP contribution in [0.15, 0.2) is 82.8 Å². The first-order valence-electron chi connectivity index (χ1n) is 8.53. The third-order valence-corrected chi connectivity index (χ3v) is 5.46. The number of hydrogen-bond donors (Lipinski definition) is 1. The van der Waals surface area contributed by atoms with Gasteiger partial charge in [-0.2, -0.15) is 13.5 Å². The van der Waals surface area contributed by atoms with Crippen LogP contribution in [0.2, 0.25) is 5.02 Å². The number of aryl methyl sites for hydroxylation is 1. The van der Waals surface area contributed by atoms with Crippen molar-refractivity contribution < 1.29 is 17.9 Å². The minimum Gasteiger partial charge on any atom is -0.423 e. The second-order valence-electron chi connectivity index (χ2n) is 6.08. The average molecular weight is 429 g/mol. The molecule has 0 fully saturated rings. The molecule has 0 atom stereocenters. The van der Waals surface area contributed by atoms with Crippen molar-refractivity contribution in [1.29, 1.82) is 0 Å². The van der Waals surface area contributed by atoms with Crippen molar-refractivity contribution in [3.8, 4) is 5.75 Å². The van der Waals surface area contributed by atoms with Gasteiger partial charge >= 0.3 is 5.97 Å². The number of benzene rings is 3. The molecule has 0 heterocycles. The zero-order chi connectivity index (χ0) is 20.9. The number of sulfonamides is 1. The molecule has 8 heteroatoms. The Balaban J connectivity index is 1.62. The van der Waals surface area contributed by atoms with Crippen LogP contribution in [0.4, 0.5) is 0 Å². The molecule has 3 aromatic rings. The average Bonchev–Trinajstić information content (AvgIpc) is 2.70. The van der Waals surface area contributed by atoms with Crippen molar-refractivity contribution in [3.05, 3.63) is 94.5 Å². The van der Waals surface area contributed by atoms with E-state index < -0.39 is 16.0 Å². The number of nitrogens with zero attached hydrogens (tertiary/aromatic N) is 1. The highest BCUT2D eigenvalue weighted by molar-refractivity contribution is 7.89. The van der Waals surface area contributed by atoms with Crippen LogP contribution in [-0.2, 0) is 10.0 Å². The van der Waals surface area contributed by atoms with Gasteiger partial charge in [0.05, 0.1) is 16.7 Å². The number of hydrogen-bond acceptors (Lipinski definition) is 5. The fourth-order valence-corrected chi connectivity index (χ4v) is 3.34. The summed E-state index contributed by atoms with van der Waals surface area (Å²) in [6, 6.07) is 19.4. The Morgan fingerprint density at radius 2 is 1.66 bits per heavy atom. The van der Waals surface area contributed by atoms with Crippen molar-refractivity contribution in [2.45, 2.75) is 11.8 Å². The number of carbonyl (C=O) groups is 1. The molecular formula is C21H17ClN2O4S. The molecule has 0 saturated carbocycles. The molecule has 29 heavy (non-hydrogen) atoms. The van der Waals surface area contributed by atoms with Crippen LogP contribution in [-0.4, -0.2) is 20.6 Å². The predicted molar refractivity (Wildman–Crippen MR) is 112 cm³/mol. The Labute approximate surface area is 173 Å². The van der Waals surface area contributed by atoms with E-state index in [1.165, 1.54) is 30.5 Å². The summed E-state index contributed by atoms with van der Waals surface area (Å²) in [6.07, 6.45) is 1.35. The number of carbonyl (C=O) groups excluding carboxylic acids is 1. The minimum absolute atomic E-state index is 0.0533. The molecule has 0 aromatic heterocycles. The lowest BCUT2D eigenvalue weighted by Gasteiger charge is -2.06. The van der Waals surface area contributed by atoms with E-state index in [1.807, 2.05) is 19.1 Å². The van der Waals surface area contributed by atoms with E-state index in [2.05, 4.69) is 9.93 Å². The van der Waals surface area contributed by atoms with E-state index >= 15 is 0 Å². The van der Waals surface area contributed by atoms with Gasteiger partial charge in [-0.3, -0.25) is 0 Å². The number of ether oxygens (including phenoxy) is 1. The third kappa shape index (κ3) is 5.43. The molecule has 0 radical (unpaired) electrons. The number of halogens is 1. The first-order valence-corrected chi connectivity index (χ1v) is 10.4. The van der Waals surface area contributed by atoms with E-state index in [1.54, 1.807) is 36.4 Å². The van der Waals surface area contributed by atoms with E-state index in [4.69, 9.17) is 16.3 Å². The standard InChI is InChI=1S/C21H17ClN2O4S/c1-15-4-2-3-5-20(15)21(25)28-18-10-6-16(7-11-18)14-23-24-29(26,27)19-12-8-17(22)9-13-19/h2-14,24H,1H3/b23-14+. The number of esters is 1. The second kappa shape index (κ2) is 8.89. The van der Waals surface area contributed by atoms with Crippen LogP contribution >= 0.6 is 11.6 Å². The first-order chi connectivity index (χ1) is 13.8. The van der Waals surface area contributed by atoms with Gasteiger partial charge in [0.25, 0.3) is 10.0 Å². The lowest BCUT2D eigenvalue weighted by molar-refractivity contribution is 0.0734. The molecule has 3 aromatic carbocycles. The largest absolute Gasteiger partial charge is 0.423 e. The van der Waals surface area contributed by atoms with Gasteiger partial charge in [-0.05, 0) is 72.6 Å². The lowest BCUT2D eigenvalue weighted by atomic mass is 10.1. The fraction of sp³-hybridized carbons (Fsp3) is 0.0476. The van der Waals surface area contributed by atoms with E-state index in [0.29, 0.717) is 21.9 Å². The maximum Gasteiger partial charge on any atom is 0.343 e. The number of nitrogens with one attached hydrogen (secondary N) is 1. The summed E-state index contributed by atoms with van der Waals surface area (Å²) in [5, 5.41) is 4.20. The molecule has 148 valence electrons. The molecule has 3 rings (SSSR count). The van der Waals surface area contributed by atoms with Gasteiger partial charge < -0.3 is 4.74 Å². The Hall–Kier alpha value is -3.16. The van der Waals surface area contributed by atoms with E-state index in [9.17, 15) is 13.2 Å². The van der Waals surface area contributed by atoms with E-state index in [0.717, 1.165) is 5.56 Å². The van der Waals surface area contributed by atoms with Gasteiger partial charge in [0.1, 0.15) is 5.75 Å². The van der Waals surface area contributed by atoms with Crippen LogP contribution in [0.25, 0.3) is 0 Å². The molecule has 0 aliphatic heterocycles. The summed E-state index contributed by atoms with van der Waals surface area (Å²) < 4.78 is 29.6. The normalized spacial score (nSPS) is 11.4. The zero-order valence-electron chi connectivity index (χ0n) is 15.4. The Morgan fingerprint density at radius 1 is 1.00 bits per heavy atom. The van der Waals surface area contributed by atoms with Gasteiger partial charge in [-0.1, -0.05) is 29.8 Å². The topological polar surface area (TPSA) is 84.8 Å². The van der Waals surface area contributed by atoms with Crippen LogP contribution in [0.5, 0.6) is 5.75 Å². The molecule has 0 aliphatic rings. The molecule has 0 aliphatic carbocycles. The van der Waals surface area contributed by atoms with Crippen LogP contribution in [0.1, 0.15) is 21.5 Å². The molecule has 6 nitrogen and oxygen atoms in total. The van der Waals surface area contributed by atoms with Crippen LogP contribution in [0, 0.1) is 6.92 Å².